The van der Waals surface area contributed by atoms with Crippen LogP contribution in [0.3, 0.4) is 0 Å². The zero-order valence-corrected chi connectivity index (χ0v) is 10.6. The van der Waals surface area contributed by atoms with Gasteiger partial charge in [-0.2, -0.15) is 0 Å². The maximum Gasteiger partial charge on any atom is 0.290 e. The highest BCUT2D eigenvalue weighted by Gasteiger charge is 2.09. The van der Waals surface area contributed by atoms with Gasteiger partial charge in [0.2, 0.25) is 0 Å². The van der Waals surface area contributed by atoms with Gasteiger partial charge in [0, 0.05) is 6.54 Å². The Morgan fingerprint density at radius 2 is 1.78 bits per heavy atom. The van der Waals surface area contributed by atoms with Crippen molar-refractivity contribution in [1.82, 2.24) is 4.90 Å². The molecule has 1 aromatic carbocycles. The van der Waals surface area contributed by atoms with E-state index in [1.165, 1.54) is 32.4 Å². The largest absolute Gasteiger partial charge is 0.492 e. The minimum Gasteiger partial charge on any atom is -0.492 e. The summed E-state index contributed by atoms with van der Waals surface area (Å²) in [5, 5.41) is 6.89. The Labute approximate surface area is 108 Å². The van der Waals surface area contributed by atoms with E-state index in [1.54, 1.807) is 0 Å². The van der Waals surface area contributed by atoms with Gasteiger partial charge in [-0.3, -0.25) is 9.69 Å². The second kappa shape index (κ2) is 9.48. The Kier molecular flexibility index (Phi) is 7.64. The van der Waals surface area contributed by atoms with E-state index in [9.17, 15) is 0 Å². The summed E-state index contributed by atoms with van der Waals surface area (Å²) in [7, 11) is 0. The molecule has 0 unspecified atom stereocenters. The second-order valence-corrected chi connectivity index (χ2v) is 4.17. The minimum absolute atomic E-state index is 0.250. The molecule has 4 nitrogen and oxygen atoms in total. The summed E-state index contributed by atoms with van der Waals surface area (Å²) in [6.45, 7) is 4.12. The van der Waals surface area contributed by atoms with Gasteiger partial charge < -0.3 is 9.84 Å². The molecule has 1 heterocycles. The highest BCUT2D eigenvalue weighted by molar-refractivity contribution is 5.32. The first-order valence-corrected chi connectivity index (χ1v) is 6.35. The summed E-state index contributed by atoms with van der Waals surface area (Å²) in [4.78, 5) is 10.9. The molecule has 1 aromatic rings. The third-order valence-electron chi connectivity index (χ3n) is 2.87. The number of nitrogens with zero attached hydrogens (tertiary/aromatic N) is 1. The van der Waals surface area contributed by atoms with Gasteiger partial charge in [-0.05, 0) is 38.1 Å². The van der Waals surface area contributed by atoms with E-state index in [-0.39, 0.29) is 6.47 Å². The molecule has 0 aliphatic carbocycles. The van der Waals surface area contributed by atoms with Gasteiger partial charge in [-0.1, -0.05) is 24.6 Å². The molecule has 100 valence electrons. The Bertz CT molecular complexity index is 310. The van der Waals surface area contributed by atoms with Crippen LogP contribution >= 0.6 is 0 Å². The lowest BCUT2D eigenvalue weighted by Crippen LogP contribution is -2.33. The molecule has 0 saturated carbocycles. The van der Waals surface area contributed by atoms with Crippen molar-refractivity contribution in [2.24, 2.45) is 0 Å². The Morgan fingerprint density at radius 3 is 2.39 bits per heavy atom. The monoisotopic (exact) mass is 251 g/mol. The fourth-order valence-electron chi connectivity index (χ4n) is 1.99. The van der Waals surface area contributed by atoms with Crippen molar-refractivity contribution in [3.63, 3.8) is 0 Å². The first-order valence-electron chi connectivity index (χ1n) is 6.35. The number of benzene rings is 1. The molecule has 1 N–H and O–H groups in total. The lowest BCUT2D eigenvalue weighted by Gasteiger charge is -2.26. The van der Waals surface area contributed by atoms with Crippen LogP contribution in [0.1, 0.15) is 19.3 Å². The van der Waals surface area contributed by atoms with Gasteiger partial charge in [0.05, 0.1) is 0 Å². The van der Waals surface area contributed by atoms with Crippen molar-refractivity contribution in [1.29, 1.82) is 0 Å². The molecule has 1 saturated heterocycles. The lowest BCUT2D eigenvalue weighted by atomic mass is 10.1. The first kappa shape index (κ1) is 14.5. The number of carbonyl (C=O) groups is 1. The van der Waals surface area contributed by atoms with Crippen molar-refractivity contribution in [2.45, 2.75) is 19.3 Å². The SMILES string of the molecule is O=CO.c1ccc(OCCN2CCCCC2)cc1. The molecule has 0 bridgehead atoms. The van der Waals surface area contributed by atoms with Gasteiger partial charge in [-0.25, -0.2) is 0 Å². The molecule has 0 spiro atoms. The van der Waals surface area contributed by atoms with Crippen LogP contribution in [-0.2, 0) is 4.79 Å². The topological polar surface area (TPSA) is 49.8 Å². The van der Waals surface area contributed by atoms with Crippen LogP contribution in [0.25, 0.3) is 0 Å². The van der Waals surface area contributed by atoms with Gasteiger partial charge in [-0.15, -0.1) is 0 Å². The number of para-hydroxylation sites is 1. The van der Waals surface area contributed by atoms with E-state index in [2.05, 4.69) is 4.90 Å². The smallest absolute Gasteiger partial charge is 0.290 e. The number of piperidine rings is 1. The highest BCUT2D eigenvalue weighted by Crippen LogP contribution is 2.10. The van der Waals surface area contributed by atoms with E-state index in [4.69, 9.17) is 14.6 Å². The molecule has 0 amide bonds. The number of carboxylic acid groups (broad SMARTS) is 1. The van der Waals surface area contributed by atoms with Crippen LogP contribution < -0.4 is 4.74 Å². The third-order valence-corrected chi connectivity index (χ3v) is 2.87. The minimum atomic E-state index is -0.250. The van der Waals surface area contributed by atoms with Gasteiger partial charge in [0.25, 0.3) is 6.47 Å². The summed E-state index contributed by atoms with van der Waals surface area (Å²) in [5.41, 5.74) is 0. The molecule has 2 rings (SSSR count). The number of hydrogen-bond acceptors (Lipinski definition) is 3. The molecule has 1 fully saturated rings. The molecule has 0 radical (unpaired) electrons. The second-order valence-electron chi connectivity index (χ2n) is 4.17. The van der Waals surface area contributed by atoms with E-state index in [1.807, 2.05) is 30.3 Å². The van der Waals surface area contributed by atoms with Crippen molar-refractivity contribution < 1.29 is 14.6 Å². The average molecular weight is 251 g/mol. The first-order chi connectivity index (χ1) is 8.86. The number of rotatable bonds is 4. The van der Waals surface area contributed by atoms with Crippen LogP contribution in [0.15, 0.2) is 30.3 Å². The molecule has 0 aromatic heterocycles. The third kappa shape index (κ3) is 6.25. The molecule has 1 aliphatic rings. The van der Waals surface area contributed by atoms with Gasteiger partial charge in [0.15, 0.2) is 0 Å². The van der Waals surface area contributed by atoms with Crippen molar-refractivity contribution >= 4 is 6.47 Å². The normalized spacial score (nSPS) is 15.3. The molecule has 0 atom stereocenters. The Balaban J connectivity index is 0.000000492. The van der Waals surface area contributed by atoms with Crippen molar-refractivity contribution in [3.8, 4) is 5.75 Å². The predicted octanol–water partition coefficient (Wildman–Crippen LogP) is 2.25. The van der Waals surface area contributed by atoms with Crippen LogP contribution in [0.4, 0.5) is 0 Å². The zero-order valence-electron chi connectivity index (χ0n) is 10.6. The number of ether oxygens (including phenoxy) is 1. The Morgan fingerprint density at radius 1 is 1.17 bits per heavy atom. The standard InChI is InChI=1S/C13H19NO.CH2O2/c1-3-7-13(8-4-1)15-12-11-14-9-5-2-6-10-14;2-1-3/h1,3-4,7-8H,2,5-6,9-12H2;1H,(H,2,3). The van der Waals surface area contributed by atoms with Crippen LogP contribution in [0.5, 0.6) is 5.75 Å². The summed E-state index contributed by atoms with van der Waals surface area (Å²) in [6.07, 6.45) is 4.10. The molecular formula is C14H21NO3. The maximum absolute atomic E-state index is 8.36. The van der Waals surface area contributed by atoms with Crippen LogP contribution in [-0.4, -0.2) is 42.7 Å². The molecule has 18 heavy (non-hydrogen) atoms. The van der Waals surface area contributed by atoms with Crippen molar-refractivity contribution in [3.05, 3.63) is 30.3 Å². The maximum atomic E-state index is 8.36. The average Bonchev–Trinajstić information content (AvgIpc) is 2.42. The van der Waals surface area contributed by atoms with Gasteiger partial charge in [0.1, 0.15) is 12.4 Å². The lowest BCUT2D eigenvalue weighted by molar-refractivity contribution is -0.122. The predicted molar refractivity (Wildman–Crippen MR) is 70.9 cm³/mol. The summed E-state index contributed by atoms with van der Waals surface area (Å²) >= 11 is 0. The van der Waals surface area contributed by atoms with E-state index in [0.29, 0.717) is 0 Å². The summed E-state index contributed by atoms with van der Waals surface area (Å²) < 4.78 is 5.67. The zero-order chi connectivity index (χ0) is 13.1. The quantitative estimate of drug-likeness (QED) is 0.834. The van der Waals surface area contributed by atoms with Crippen molar-refractivity contribution in [2.75, 3.05) is 26.2 Å². The van der Waals surface area contributed by atoms with E-state index < -0.39 is 0 Å². The number of hydrogen-bond donors (Lipinski definition) is 1. The van der Waals surface area contributed by atoms with Crippen LogP contribution in [0, 0.1) is 0 Å². The highest BCUT2D eigenvalue weighted by atomic mass is 16.5. The fraction of sp³-hybridized carbons (Fsp3) is 0.500. The molecular weight excluding hydrogens is 230 g/mol. The number of likely N-dealkylation sites (tertiary alicyclic amines) is 1. The van der Waals surface area contributed by atoms with E-state index in [0.717, 1.165) is 18.9 Å². The fourth-order valence-corrected chi connectivity index (χ4v) is 1.99. The van der Waals surface area contributed by atoms with E-state index >= 15 is 0 Å². The summed E-state index contributed by atoms with van der Waals surface area (Å²) in [6, 6.07) is 10.1. The molecule has 1 aliphatic heterocycles. The van der Waals surface area contributed by atoms with Gasteiger partial charge >= 0.3 is 0 Å². The van der Waals surface area contributed by atoms with Crippen LogP contribution in [0.2, 0.25) is 0 Å². The molecule has 4 heteroatoms. The Hall–Kier alpha value is -1.55. The summed E-state index contributed by atoms with van der Waals surface area (Å²) in [5.74, 6) is 0.981.